The first-order valence-electron chi connectivity index (χ1n) is 10.4. The number of nitrogens with zero attached hydrogens (tertiary/aromatic N) is 3. The highest BCUT2D eigenvalue weighted by atomic mass is 35.5. The van der Waals surface area contributed by atoms with Gasteiger partial charge in [0.2, 0.25) is 5.91 Å². The summed E-state index contributed by atoms with van der Waals surface area (Å²) in [6, 6.07) is 12.4. The largest absolute Gasteiger partial charge is 0.342 e. The molecule has 4 rings (SSSR count). The molecule has 1 aliphatic heterocycles. The van der Waals surface area contributed by atoms with Crippen LogP contribution in [0.1, 0.15) is 52.0 Å². The van der Waals surface area contributed by atoms with Crippen molar-refractivity contribution in [1.29, 1.82) is 0 Å². The summed E-state index contributed by atoms with van der Waals surface area (Å²) in [7, 11) is 0. The molecule has 0 unspecified atom stereocenters. The monoisotopic (exact) mass is 439 g/mol. The molecule has 3 heterocycles. The molecule has 4 nitrogen and oxygen atoms in total. The molecule has 156 valence electrons. The second-order valence-corrected chi connectivity index (χ2v) is 9.53. The first-order chi connectivity index (χ1) is 14.5. The summed E-state index contributed by atoms with van der Waals surface area (Å²) in [5, 5.41) is 3.76. The Balaban J connectivity index is 1.38. The van der Waals surface area contributed by atoms with Crippen molar-refractivity contribution in [3.05, 3.63) is 80.0 Å². The lowest BCUT2D eigenvalue weighted by atomic mass is 9.91. The third-order valence-corrected chi connectivity index (χ3v) is 6.69. The minimum absolute atomic E-state index is 0.180. The van der Waals surface area contributed by atoms with Crippen LogP contribution in [0.25, 0.3) is 0 Å². The number of likely N-dealkylation sites (tertiary alicyclic amines) is 1. The average molecular weight is 440 g/mol. The van der Waals surface area contributed by atoms with Crippen LogP contribution >= 0.6 is 22.9 Å². The summed E-state index contributed by atoms with van der Waals surface area (Å²) in [6.07, 6.45) is 3.19. The van der Waals surface area contributed by atoms with Crippen molar-refractivity contribution in [1.82, 2.24) is 14.9 Å². The maximum absolute atomic E-state index is 12.6. The van der Waals surface area contributed by atoms with E-state index in [0.717, 1.165) is 59.5 Å². The van der Waals surface area contributed by atoms with Gasteiger partial charge in [-0.3, -0.25) is 9.78 Å². The Morgan fingerprint density at radius 2 is 1.83 bits per heavy atom. The van der Waals surface area contributed by atoms with Crippen molar-refractivity contribution >= 4 is 28.8 Å². The zero-order valence-electron chi connectivity index (χ0n) is 17.4. The van der Waals surface area contributed by atoms with Gasteiger partial charge in [-0.2, -0.15) is 0 Å². The van der Waals surface area contributed by atoms with E-state index in [1.807, 2.05) is 29.3 Å². The molecule has 0 radical (unpaired) electrons. The molecule has 3 aromatic rings. The van der Waals surface area contributed by atoms with Crippen LogP contribution in [-0.2, 0) is 17.6 Å². The number of hydrogen-bond donors (Lipinski definition) is 0. The molecule has 2 aromatic heterocycles. The fourth-order valence-corrected chi connectivity index (χ4v) is 4.84. The number of aromatic nitrogens is 2. The van der Waals surface area contributed by atoms with Crippen LogP contribution in [0, 0.1) is 13.8 Å². The SMILES string of the molecule is Cc1cc(Cc2ccc(Cl)cc2)cc(C2CCN(C(=O)Cc3csc(C)n3)CC2)n1. The standard InChI is InChI=1S/C24H26ClN3OS/c1-16-11-19(12-18-3-5-21(25)6-4-18)13-23(26-16)20-7-9-28(10-8-20)24(29)14-22-15-30-17(2)27-22/h3-6,11,13,15,20H,7-10,12,14H2,1-2H3. The second-order valence-electron chi connectivity index (χ2n) is 8.03. The van der Waals surface area contributed by atoms with Crippen molar-refractivity contribution in [2.24, 2.45) is 0 Å². The highest BCUT2D eigenvalue weighted by molar-refractivity contribution is 7.09. The molecular formula is C24H26ClN3OS. The molecule has 1 fully saturated rings. The molecule has 0 N–H and O–H groups in total. The summed E-state index contributed by atoms with van der Waals surface area (Å²) in [5.41, 5.74) is 5.61. The van der Waals surface area contributed by atoms with E-state index < -0.39 is 0 Å². The van der Waals surface area contributed by atoms with Crippen molar-refractivity contribution < 1.29 is 4.79 Å². The van der Waals surface area contributed by atoms with Crippen molar-refractivity contribution in [2.75, 3.05) is 13.1 Å². The fourth-order valence-electron chi connectivity index (χ4n) is 4.10. The molecule has 6 heteroatoms. The number of rotatable bonds is 5. The van der Waals surface area contributed by atoms with Crippen molar-refractivity contribution in [3.8, 4) is 0 Å². The maximum Gasteiger partial charge on any atom is 0.228 e. The Morgan fingerprint density at radius 3 is 2.50 bits per heavy atom. The van der Waals surface area contributed by atoms with Gasteiger partial charge < -0.3 is 4.90 Å². The third-order valence-electron chi connectivity index (χ3n) is 5.62. The quantitative estimate of drug-likeness (QED) is 0.538. The normalized spacial score (nSPS) is 14.8. The molecule has 1 aromatic carbocycles. The Morgan fingerprint density at radius 1 is 1.10 bits per heavy atom. The van der Waals surface area contributed by atoms with Crippen LogP contribution < -0.4 is 0 Å². The van der Waals surface area contributed by atoms with E-state index in [1.165, 1.54) is 11.1 Å². The minimum atomic E-state index is 0.180. The smallest absolute Gasteiger partial charge is 0.228 e. The third kappa shape index (κ3) is 5.27. The number of amides is 1. The first kappa shape index (κ1) is 21.0. The van der Waals surface area contributed by atoms with Crippen LogP contribution in [-0.4, -0.2) is 33.9 Å². The molecule has 0 spiro atoms. The predicted molar refractivity (Wildman–Crippen MR) is 122 cm³/mol. The lowest BCUT2D eigenvalue weighted by molar-refractivity contribution is -0.131. The molecular weight excluding hydrogens is 414 g/mol. The molecule has 0 atom stereocenters. The van der Waals surface area contributed by atoms with Crippen molar-refractivity contribution in [3.63, 3.8) is 0 Å². The molecule has 0 saturated carbocycles. The summed E-state index contributed by atoms with van der Waals surface area (Å²) in [5.74, 6) is 0.582. The number of pyridine rings is 1. The maximum atomic E-state index is 12.6. The number of aryl methyl sites for hydroxylation is 2. The van der Waals surface area contributed by atoms with E-state index in [4.69, 9.17) is 16.6 Å². The van der Waals surface area contributed by atoms with Crippen LogP contribution in [0.4, 0.5) is 0 Å². The highest BCUT2D eigenvalue weighted by Crippen LogP contribution is 2.28. The van der Waals surface area contributed by atoms with Gasteiger partial charge in [-0.1, -0.05) is 23.7 Å². The van der Waals surface area contributed by atoms with Gasteiger partial charge in [0.25, 0.3) is 0 Å². The van der Waals surface area contributed by atoms with Gasteiger partial charge in [0.1, 0.15) is 0 Å². The number of carbonyl (C=O) groups excluding carboxylic acids is 1. The Bertz CT molecular complexity index is 1020. The minimum Gasteiger partial charge on any atom is -0.342 e. The summed E-state index contributed by atoms with van der Waals surface area (Å²) < 4.78 is 0. The van der Waals surface area contributed by atoms with Gasteiger partial charge in [-0.15, -0.1) is 11.3 Å². The molecule has 1 amide bonds. The average Bonchev–Trinajstić information content (AvgIpc) is 3.14. The van der Waals surface area contributed by atoms with Crippen molar-refractivity contribution in [2.45, 2.75) is 45.4 Å². The first-order valence-corrected chi connectivity index (χ1v) is 11.6. The van der Waals surface area contributed by atoms with Gasteiger partial charge >= 0.3 is 0 Å². The predicted octanol–water partition coefficient (Wildman–Crippen LogP) is 5.35. The highest BCUT2D eigenvalue weighted by Gasteiger charge is 2.25. The van der Waals surface area contributed by atoms with Gasteiger partial charge in [0, 0.05) is 40.8 Å². The lowest BCUT2D eigenvalue weighted by Gasteiger charge is -2.32. The number of piperidine rings is 1. The number of carbonyl (C=O) groups is 1. The summed E-state index contributed by atoms with van der Waals surface area (Å²) in [6.45, 7) is 5.60. The van der Waals surface area contributed by atoms with Gasteiger partial charge in [-0.25, -0.2) is 4.98 Å². The zero-order valence-corrected chi connectivity index (χ0v) is 19.0. The molecule has 0 aliphatic carbocycles. The van der Waals surface area contributed by atoms with E-state index in [0.29, 0.717) is 12.3 Å². The number of hydrogen-bond acceptors (Lipinski definition) is 4. The Kier molecular flexibility index (Phi) is 6.49. The van der Waals surface area contributed by atoms with Gasteiger partial charge in [-0.05, 0) is 68.5 Å². The molecule has 1 saturated heterocycles. The van der Waals surface area contributed by atoms with Crippen LogP contribution in [0.5, 0.6) is 0 Å². The van der Waals surface area contributed by atoms with E-state index in [1.54, 1.807) is 11.3 Å². The molecule has 1 aliphatic rings. The van der Waals surface area contributed by atoms with Gasteiger partial charge in [0.15, 0.2) is 0 Å². The second kappa shape index (κ2) is 9.27. The van der Waals surface area contributed by atoms with E-state index >= 15 is 0 Å². The fraction of sp³-hybridized carbons (Fsp3) is 0.375. The molecule has 30 heavy (non-hydrogen) atoms. The molecule has 0 bridgehead atoms. The summed E-state index contributed by atoms with van der Waals surface area (Å²) >= 11 is 7.60. The topological polar surface area (TPSA) is 46.1 Å². The van der Waals surface area contributed by atoms with Gasteiger partial charge in [0.05, 0.1) is 17.1 Å². The Hall–Kier alpha value is -2.24. The number of thiazole rings is 1. The summed E-state index contributed by atoms with van der Waals surface area (Å²) in [4.78, 5) is 23.8. The van der Waals surface area contributed by atoms with Crippen LogP contribution in [0.15, 0.2) is 41.8 Å². The van der Waals surface area contributed by atoms with E-state index in [9.17, 15) is 4.79 Å². The van der Waals surface area contributed by atoms with E-state index in [2.05, 4.69) is 36.2 Å². The lowest BCUT2D eigenvalue weighted by Crippen LogP contribution is -2.39. The van der Waals surface area contributed by atoms with Crippen LogP contribution in [0.3, 0.4) is 0 Å². The Labute approximate surface area is 186 Å². The zero-order chi connectivity index (χ0) is 21.1. The number of benzene rings is 1. The number of halogens is 1. The van der Waals surface area contributed by atoms with Crippen LogP contribution in [0.2, 0.25) is 5.02 Å². The van der Waals surface area contributed by atoms with E-state index in [-0.39, 0.29) is 5.91 Å².